The van der Waals surface area contributed by atoms with Gasteiger partial charge in [-0.05, 0) is 18.2 Å². The van der Waals surface area contributed by atoms with Gasteiger partial charge in [0.1, 0.15) is 0 Å². The average Bonchev–Trinajstić information content (AvgIpc) is 1.70. The van der Waals surface area contributed by atoms with E-state index in [2.05, 4.69) is 0 Å². The van der Waals surface area contributed by atoms with E-state index in [-0.39, 0.29) is 17.1 Å². The molecule has 0 aliphatic carbocycles. The topological polar surface area (TPSA) is 118 Å². The molecule has 0 aromatic carbocycles. The standard InChI is InChI=1S/3CNO.Fe/c3*2-1-3;/q3*-1;+3. The summed E-state index contributed by atoms with van der Waals surface area (Å²) in [6.45, 7) is 0. The first-order valence-electron chi connectivity index (χ1n) is 1.28. The van der Waals surface area contributed by atoms with Gasteiger partial charge in [-0.15, -0.1) is 0 Å². The normalized spacial score (nSPS) is 2.40. The fourth-order valence-corrected chi connectivity index (χ4v) is 0. The average molecular weight is 182 g/mol. The molecule has 1 radical (unpaired) electrons. The van der Waals surface area contributed by atoms with E-state index in [1.807, 2.05) is 0 Å². The fraction of sp³-hybridized carbons (Fsp3) is 0. The maximum Gasteiger partial charge on any atom is 3.00 e. The first-order chi connectivity index (χ1) is 4.24. The van der Waals surface area contributed by atoms with Gasteiger partial charge in [-0.25, -0.2) is 0 Å². The second-order valence-electron chi connectivity index (χ2n) is 0.274. The molecular formula is C3FeN3O3. The first kappa shape index (κ1) is 23.4. The molecule has 0 aliphatic rings. The van der Waals surface area contributed by atoms with Gasteiger partial charge in [0.25, 0.3) is 0 Å². The van der Waals surface area contributed by atoms with Crippen LogP contribution < -0.4 is 0 Å². The Labute approximate surface area is 66.6 Å². The van der Waals surface area contributed by atoms with E-state index in [0.717, 1.165) is 0 Å². The van der Waals surface area contributed by atoms with Gasteiger partial charge in [-0.2, -0.15) is 0 Å². The van der Waals surface area contributed by atoms with Crippen LogP contribution in [0.1, 0.15) is 0 Å². The van der Waals surface area contributed by atoms with E-state index in [1.54, 1.807) is 0 Å². The number of nitrogens with zero attached hydrogens (tertiary/aromatic N) is 3. The summed E-state index contributed by atoms with van der Waals surface area (Å²) < 4.78 is 0. The predicted molar refractivity (Wildman–Crippen MR) is 27.2 cm³/mol. The first-order valence-corrected chi connectivity index (χ1v) is 1.28. The van der Waals surface area contributed by atoms with Gasteiger partial charge in [0, 0.05) is 0 Å². The molecule has 0 N–H and O–H groups in total. The zero-order chi connectivity index (χ0) is 8.12. The number of carbonyl (C=O) groups excluding carboxylic acids is 3. The Hall–Kier alpha value is -1.34. The van der Waals surface area contributed by atoms with Crippen LogP contribution in [0.2, 0.25) is 0 Å². The SMILES string of the molecule is [Fe+3].[N-]=C=O.[N-]=C=O.[N-]=C=O. The molecule has 10 heavy (non-hydrogen) atoms. The summed E-state index contributed by atoms with van der Waals surface area (Å²) in [5, 5.41) is 20.3. The molecule has 0 bridgehead atoms. The summed E-state index contributed by atoms with van der Waals surface area (Å²) in [6, 6.07) is 0. The van der Waals surface area contributed by atoms with Gasteiger partial charge in [0.05, 0.1) is 0 Å². The smallest absolute Gasteiger partial charge is 0.724 e. The third kappa shape index (κ3) is 119. The van der Waals surface area contributed by atoms with Crippen LogP contribution in [0.4, 0.5) is 0 Å². The Morgan fingerprint density at radius 2 is 0.700 bits per heavy atom. The Bertz CT molecular complexity index is 111. The maximum absolute atomic E-state index is 8.24. The summed E-state index contributed by atoms with van der Waals surface area (Å²) in [4.78, 5) is 24.7. The van der Waals surface area contributed by atoms with E-state index in [1.165, 1.54) is 0 Å². The van der Waals surface area contributed by atoms with E-state index in [0.29, 0.717) is 18.2 Å². The van der Waals surface area contributed by atoms with Crippen molar-refractivity contribution in [2.45, 2.75) is 0 Å². The van der Waals surface area contributed by atoms with Crippen molar-refractivity contribution in [3.8, 4) is 0 Å². The largest absolute Gasteiger partial charge is 3.00 e. The predicted octanol–water partition coefficient (Wildman–Crippen LogP) is -0.328. The minimum atomic E-state index is 0. The van der Waals surface area contributed by atoms with Crippen LogP contribution in [0.25, 0.3) is 16.2 Å². The zero-order valence-corrected chi connectivity index (χ0v) is 5.52. The van der Waals surface area contributed by atoms with Crippen molar-refractivity contribution < 1.29 is 31.5 Å². The van der Waals surface area contributed by atoms with Gasteiger partial charge in [-0.3, -0.25) is 14.4 Å². The van der Waals surface area contributed by atoms with Crippen LogP contribution in [0.15, 0.2) is 0 Å². The molecule has 0 aromatic rings. The van der Waals surface area contributed by atoms with Crippen molar-refractivity contribution in [2.24, 2.45) is 0 Å². The van der Waals surface area contributed by atoms with Crippen molar-refractivity contribution in [2.75, 3.05) is 0 Å². The van der Waals surface area contributed by atoms with E-state index in [9.17, 15) is 0 Å². The summed E-state index contributed by atoms with van der Waals surface area (Å²) in [7, 11) is 0. The van der Waals surface area contributed by atoms with E-state index < -0.39 is 0 Å². The van der Waals surface area contributed by atoms with Crippen molar-refractivity contribution in [1.82, 2.24) is 0 Å². The van der Waals surface area contributed by atoms with Gasteiger partial charge < -0.3 is 16.2 Å². The molecule has 53 valence electrons. The third-order valence-electron chi connectivity index (χ3n) is 0. The summed E-state index contributed by atoms with van der Waals surface area (Å²) in [5.41, 5.74) is 0. The van der Waals surface area contributed by atoms with Crippen LogP contribution in [0.3, 0.4) is 0 Å². The second kappa shape index (κ2) is 123. The van der Waals surface area contributed by atoms with Crippen molar-refractivity contribution in [3.05, 3.63) is 16.2 Å². The van der Waals surface area contributed by atoms with Gasteiger partial charge in [0.15, 0.2) is 0 Å². The third-order valence-corrected chi connectivity index (χ3v) is 0. The number of isocyanates is 3. The molecule has 7 heteroatoms. The van der Waals surface area contributed by atoms with E-state index >= 15 is 0 Å². The molecule has 0 saturated carbocycles. The summed E-state index contributed by atoms with van der Waals surface area (Å²) in [6.07, 6.45) is 1.50. The molecule has 0 amide bonds. The molecule has 0 aliphatic heterocycles. The van der Waals surface area contributed by atoms with Gasteiger partial charge in [0.2, 0.25) is 0 Å². The molecular weight excluding hydrogens is 182 g/mol. The van der Waals surface area contributed by atoms with E-state index in [4.69, 9.17) is 30.6 Å². The van der Waals surface area contributed by atoms with Crippen LogP contribution in [0, 0.1) is 0 Å². The molecule has 0 aromatic heterocycles. The van der Waals surface area contributed by atoms with Crippen LogP contribution in [0.5, 0.6) is 0 Å². The Kier molecular flexibility index (Phi) is 289. The monoisotopic (exact) mass is 182 g/mol. The number of hydrogen-bond acceptors (Lipinski definition) is 3. The second-order valence-corrected chi connectivity index (χ2v) is 0.274. The Morgan fingerprint density at radius 1 is 0.700 bits per heavy atom. The van der Waals surface area contributed by atoms with Gasteiger partial charge >= 0.3 is 17.1 Å². The summed E-state index contributed by atoms with van der Waals surface area (Å²) >= 11 is 0. The maximum atomic E-state index is 8.24. The van der Waals surface area contributed by atoms with Crippen molar-refractivity contribution in [3.63, 3.8) is 0 Å². The van der Waals surface area contributed by atoms with Crippen LogP contribution in [-0.4, -0.2) is 18.2 Å². The minimum Gasteiger partial charge on any atom is -0.724 e. The molecule has 0 unspecified atom stereocenters. The van der Waals surface area contributed by atoms with Gasteiger partial charge in [-0.1, -0.05) is 0 Å². The fourth-order valence-electron chi connectivity index (χ4n) is 0. The number of rotatable bonds is 0. The molecule has 0 spiro atoms. The molecule has 0 heterocycles. The van der Waals surface area contributed by atoms with Crippen LogP contribution in [-0.2, 0) is 31.5 Å². The molecule has 0 fully saturated rings. The molecule has 0 atom stereocenters. The molecule has 0 saturated heterocycles. The zero-order valence-electron chi connectivity index (χ0n) is 4.42. The van der Waals surface area contributed by atoms with Crippen molar-refractivity contribution in [1.29, 1.82) is 0 Å². The van der Waals surface area contributed by atoms with Crippen LogP contribution >= 0.6 is 0 Å². The quantitative estimate of drug-likeness (QED) is 0.289. The molecule has 6 nitrogen and oxygen atoms in total. The Morgan fingerprint density at radius 3 is 0.700 bits per heavy atom. The van der Waals surface area contributed by atoms with Crippen molar-refractivity contribution >= 4 is 18.2 Å². The summed E-state index contributed by atoms with van der Waals surface area (Å²) in [5.74, 6) is 0. The number of hydrogen-bond donors (Lipinski definition) is 0. The minimum absolute atomic E-state index is 0. The molecule has 0 rings (SSSR count). The Balaban J connectivity index is -0.0000000257.